The average molecular weight is 530 g/mol. The number of fused-ring (bicyclic) bond motifs is 1. The molecule has 1 saturated carbocycles. The van der Waals surface area contributed by atoms with E-state index in [4.69, 9.17) is 34.8 Å². The summed E-state index contributed by atoms with van der Waals surface area (Å²) in [7, 11) is 0. The van der Waals surface area contributed by atoms with Gasteiger partial charge in [-0.2, -0.15) is 23.4 Å². The molecular formula is C21H14Cl3F3N6O. The third-order valence-electron chi connectivity index (χ3n) is 5.35. The van der Waals surface area contributed by atoms with Crippen LogP contribution in [0, 0.1) is 0 Å². The van der Waals surface area contributed by atoms with E-state index in [9.17, 15) is 18.0 Å². The molecule has 34 heavy (non-hydrogen) atoms. The van der Waals surface area contributed by atoms with Crippen LogP contribution in [0.5, 0.6) is 0 Å². The van der Waals surface area contributed by atoms with Gasteiger partial charge < -0.3 is 5.32 Å². The maximum Gasteiger partial charge on any atom is 0.433 e. The summed E-state index contributed by atoms with van der Waals surface area (Å²) in [6, 6.07) is 6.05. The molecule has 0 radical (unpaired) electrons. The first-order valence-electron chi connectivity index (χ1n) is 10.0. The third-order valence-corrected chi connectivity index (χ3v) is 6.34. The van der Waals surface area contributed by atoms with Crippen molar-refractivity contribution in [2.75, 3.05) is 5.32 Å². The fraction of sp³-hybridized carbons (Fsp3) is 0.238. The lowest BCUT2D eigenvalue weighted by molar-refractivity contribution is -0.142. The molecule has 5 rings (SSSR count). The SMILES string of the molecule is O=C(Nc1nn(Cc2c(Cl)cccc2Cl)cc1Cl)c1cnn2c(C(F)(F)F)cc(C3CC3)nc12. The number of benzene rings is 1. The summed E-state index contributed by atoms with van der Waals surface area (Å²) in [5.41, 5.74) is -0.409. The molecule has 0 saturated heterocycles. The van der Waals surface area contributed by atoms with Gasteiger partial charge in [0, 0.05) is 33.4 Å². The highest BCUT2D eigenvalue weighted by Crippen LogP contribution is 2.41. The van der Waals surface area contributed by atoms with Crippen molar-refractivity contribution < 1.29 is 18.0 Å². The van der Waals surface area contributed by atoms with Gasteiger partial charge in [-0.3, -0.25) is 9.48 Å². The largest absolute Gasteiger partial charge is 0.433 e. The molecular weight excluding hydrogens is 516 g/mol. The summed E-state index contributed by atoms with van der Waals surface area (Å²) in [4.78, 5) is 17.2. The predicted octanol–water partition coefficient (Wildman–Crippen LogP) is 6.08. The number of carbonyl (C=O) groups is 1. The van der Waals surface area contributed by atoms with Gasteiger partial charge in [-0.1, -0.05) is 40.9 Å². The average Bonchev–Trinajstić information content (AvgIpc) is 3.44. The Kier molecular flexibility index (Phi) is 5.70. The maximum absolute atomic E-state index is 13.6. The third kappa shape index (κ3) is 4.33. The standard InChI is InChI=1S/C21H14Cl3F3N6O/c22-13-2-1-3-14(23)12(13)8-32-9-15(24)18(31-32)30-20(34)11-7-28-33-17(21(25,26)27)6-16(10-4-5-10)29-19(11)33/h1-3,6-7,9-10H,4-5,8H2,(H,30,31,34). The van der Waals surface area contributed by atoms with Crippen LogP contribution in [0.1, 0.15) is 46.1 Å². The van der Waals surface area contributed by atoms with Gasteiger partial charge in [0.1, 0.15) is 16.3 Å². The molecule has 1 aliphatic carbocycles. The van der Waals surface area contributed by atoms with Gasteiger partial charge in [-0.05, 0) is 31.0 Å². The molecule has 1 aromatic carbocycles. The smallest absolute Gasteiger partial charge is 0.304 e. The molecule has 0 atom stereocenters. The summed E-state index contributed by atoms with van der Waals surface area (Å²) >= 11 is 18.6. The predicted molar refractivity (Wildman–Crippen MR) is 121 cm³/mol. The van der Waals surface area contributed by atoms with Crippen molar-refractivity contribution in [3.8, 4) is 0 Å². The lowest BCUT2D eigenvalue weighted by atomic mass is 10.2. The summed E-state index contributed by atoms with van der Waals surface area (Å²) in [6.07, 6.45) is -0.653. The van der Waals surface area contributed by atoms with Gasteiger partial charge in [0.15, 0.2) is 11.5 Å². The van der Waals surface area contributed by atoms with Crippen LogP contribution in [0.2, 0.25) is 15.1 Å². The number of amides is 1. The van der Waals surface area contributed by atoms with Crippen LogP contribution >= 0.6 is 34.8 Å². The van der Waals surface area contributed by atoms with E-state index in [-0.39, 0.29) is 40.2 Å². The minimum Gasteiger partial charge on any atom is -0.304 e. The number of carbonyl (C=O) groups excluding carboxylic acids is 1. The zero-order valence-corrected chi connectivity index (χ0v) is 19.3. The van der Waals surface area contributed by atoms with E-state index in [2.05, 4.69) is 20.5 Å². The van der Waals surface area contributed by atoms with Crippen LogP contribution in [-0.2, 0) is 12.7 Å². The Labute approximate surface area is 205 Å². The maximum atomic E-state index is 13.6. The molecule has 1 fully saturated rings. The monoisotopic (exact) mass is 528 g/mol. The first-order valence-corrected chi connectivity index (χ1v) is 11.2. The molecule has 3 heterocycles. The van der Waals surface area contributed by atoms with Crippen LogP contribution in [0.3, 0.4) is 0 Å². The molecule has 1 amide bonds. The topological polar surface area (TPSA) is 77.1 Å². The molecule has 0 bridgehead atoms. The second kappa shape index (κ2) is 8.44. The first-order chi connectivity index (χ1) is 16.1. The molecule has 0 aliphatic heterocycles. The highest BCUT2D eigenvalue weighted by Gasteiger charge is 2.38. The fourth-order valence-corrected chi connectivity index (χ4v) is 4.23. The van der Waals surface area contributed by atoms with Crippen molar-refractivity contribution in [2.45, 2.75) is 31.5 Å². The van der Waals surface area contributed by atoms with Gasteiger partial charge >= 0.3 is 6.18 Å². The number of hydrogen-bond acceptors (Lipinski definition) is 4. The van der Waals surface area contributed by atoms with Gasteiger partial charge in [-0.25, -0.2) is 9.50 Å². The number of nitrogens with one attached hydrogen (secondary N) is 1. The highest BCUT2D eigenvalue weighted by atomic mass is 35.5. The van der Waals surface area contributed by atoms with Crippen molar-refractivity contribution in [3.63, 3.8) is 0 Å². The number of rotatable bonds is 5. The van der Waals surface area contributed by atoms with Gasteiger partial charge in [0.2, 0.25) is 0 Å². The number of alkyl halides is 3. The van der Waals surface area contributed by atoms with Crippen molar-refractivity contribution in [1.29, 1.82) is 0 Å². The zero-order valence-electron chi connectivity index (χ0n) is 17.1. The minimum atomic E-state index is -4.66. The minimum absolute atomic E-state index is 0.0172. The Bertz CT molecular complexity index is 1410. The number of aromatic nitrogens is 5. The molecule has 1 aliphatic rings. The molecule has 0 unspecified atom stereocenters. The van der Waals surface area contributed by atoms with Crippen molar-refractivity contribution in [2.24, 2.45) is 0 Å². The van der Waals surface area contributed by atoms with E-state index >= 15 is 0 Å². The van der Waals surface area contributed by atoms with Gasteiger partial charge in [0.25, 0.3) is 5.91 Å². The van der Waals surface area contributed by atoms with E-state index in [0.29, 0.717) is 20.1 Å². The number of anilines is 1. The second-order valence-corrected chi connectivity index (χ2v) is 9.03. The fourth-order valence-electron chi connectivity index (χ4n) is 3.51. The van der Waals surface area contributed by atoms with Gasteiger partial charge in [-0.15, -0.1) is 0 Å². The van der Waals surface area contributed by atoms with Crippen LogP contribution < -0.4 is 5.32 Å². The summed E-state index contributed by atoms with van der Waals surface area (Å²) in [5.74, 6) is -0.784. The molecule has 4 aromatic rings. The van der Waals surface area contributed by atoms with E-state index in [1.807, 2.05) is 0 Å². The lowest BCUT2D eigenvalue weighted by Crippen LogP contribution is -2.16. The summed E-state index contributed by atoms with van der Waals surface area (Å²) in [6.45, 7) is 0.187. The highest BCUT2D eigenvalue weighted by molar-refractivity contribution is 6.36. The summed E-state index contributed by atoms with van der Waals surface area (Å²) < 4.78 is 42.8. The van der Waals surface area contributed by atoms with E-state index in [1.165, 1.54) is 10.9 Å². The lowest BCUT2D eigenvalue weighted by Gasteiger charge is -2.11. The van der Waals surface area contributed by atoms with Crippen LogP contribution in [0.4, 0.5) is 19.0 Å². The molecule has 1 N–H and O–H groups in total. The van der Waals surface area contributed by atoms with Crippen molar-refractivity contribution >= 4 is 52.2 Å². The van der Waals surface area contributed by atoms with E-state index < -0.39 is 17.8 Å². The van der Waals surface area contributed by atoms with Crippen LogP contribution in [0.15, 0.2) is 36.7 Å². The normalized spacial score (nSPS) is 14.1. The Hall–Kier alpha value is -2.82. The molecule has 13 heteroatoms. The number of hydrogen-bond donors (Lipinski definition) is 1. The molecule has 7 nitrogen and oxygen atoms in total. The van der Waals surface area contributed by atoms with Crippen molar-refractivity contribution in [3.05, 3.63) is 74.2 Å². The van der Waals surface area contributed by atoms with Crippen molar-refractivity contribution in [1.82, 2.24) is 24.4 Å². The quantitative estimate of drug-likeness (QED) is 0.340. The number of nitrogens with zero attached hydrogens (tertiary/aromatic N) is 5. The van der Waals surface area contributed by atoms with E-state index in [0.717, 1.165) is 25.1 Å². The second-order valence-electron chi connectivity index (χ2n) is 7.81. The molecule has 176 valence electrons. The Morgan fingerprint density at radius 3 is 2.50 bits per heavy atom. The van der Waals surface area contributed by atoms with E-state index in [1.54, 1.807) is 18.2 Å². The van der Waals surface area contributed by atoms with Crippen LogP contribution in [-0.4, -0.2) is 30.3 Å². The Morgan fingerprint density at radius 1 is 1.15 bits per heavy atom. The zero-order chi connectivity index (χ0) is 24.2. The Balaban J connectivity index is 1.45. The van der Waals surface area contributed by atoms with Crippen LogP contribution in [0.25, 0.3) is 5.65 Å². The van der Waals surface area contributed by atoms with Gasteiger partial charge in [0.05, 0.1) is 12.7 Å². The Morgan fingerprint density at radius 2 is 1.85 bits per heavy atom. The summed E-state index contributed by atoms with van der Waals surface area (Å²) in [5, 5.41) is 11.5. The number of halogens is 6. The molecule has 0 spiro atoms. The molecule has 3 aromatic heterocycles. The first kappa shape index (κ1) is 22.9.